The molecule has 378 valence electrons. The van der Waals surface area contributed by atoms with E-state index in [-0.39, 0.29) is 37.5 Å². The van der Waals surface area contributed by atoms with Crippen molar-refractivity contribution in [2.45, 2.75) is 297 Å². The molecule has 0 aliphatic rings. The maximum atomic E-state index is 12.7. The highest BCUT2D eigenvalue weighted by molar-refractivity contribution is 5.71. The van der Waals surface area contributed by atoms with Gasteiger partial charge in [-0.25, -0.2) is 0 Å². The second kappa shape index (κ2) is 54.0. The Morgan fingerprint density at radius 2 is 0.600 bits per heavy atom. The Hall–Kier alpha value is -2.63. The summed E-state index contributed by atoms with van der Waals surface area (Å²) < 4.78 is 16.7. The molecule has 65 heavy (non-hydrogen) atoms. The molecule has 0 aromatic heterocycles. The Kier molecular flexibility index (Phi) is 51.8. The van der Waals surface area contributed by atoms with E-state index in [0.717, 1.165) is 77.0 Å². The minimum atomic E-state index is -0.789. The summed E-state index contributed by atoms with van der Waals surface area (Å²) in [6.45, 7) is 6.46. The van der Waals surface area contributed by atoms with Gasteiger partial charge in [0.25, 0.3) is 0 Å². The lowest BCUT2D eigenvalue weighted by molar-refractivity contribution is -0.167. The predicted molar refractivity (Wildman–Crippen MR) is 279 cm³/mol. The van der Waals surface area contributed by atoms with Crippen LogP contribution in [0.25, 0.3) is 0 Å². The molecule has 0 fully saturated rings. The second-order valence-electron chi connectivity index (χ2n) is 18.8. The fraction of sp³-hybridized carbons (Fsp3) is 0.814. The molecule has 0 heterocycles. The zero-order valence-electron chi connectivity index (χ0n) is 43.3. The molecule has 0 saturated carbocycles. The van der Waals surface area contributed by atoms with Crippen LogP contribution in [0.2, 0.25) is 0 Å². The quantitative estimate of drug-likeness (QED) is 0.0262. The molecule has 0 bridgehead atoms. The Morgan fingerprint density at radius 3 is 0.938 bits per heavy atom. The highest BCUT2D eigenvalue weighted by Gasteiger charge is 2.19. The van der Waals surface area contributed by atoms with Crippen LogP contribution in [-0.2, 0) is 28.6 Å². The monoisotopic (exact) mass is 911 g/mol. The third-order valence-corrected chi connectivity index (χ3v) is 12.3. The summed E-state index contributed by atoms with van der Waals surface area (Å²) >= 11 is 0. The van der Waals surface area contributed by atoms with Gasteiger partial charge in [0.15, 0.2) is 6.10 Å². The molecule has 6 nitrogen and oxygen atoms in total. The van der Waals surface area contributed by atoms with Crippen LogP contribution in [0.1, 0.15) is 290 Å². The first-order valence-corrected chi connectivity index (χ1v) is 28.1. The largest absolute Gasteiger partial charge is 0.462 e. The number of carbonyl (C=O) groups excluding carboxylic acids is 3. The fourth-order valence-electron chi connectivity index (χ4n) is 8.14. The topological polar surface area (TPSA) is 78.9 Å². The molecule has 1 unspecified atom stereocenters. The molecule has 6 heteroatoms. The van der Waals surface area contributed by atoms with E-state index in [1.165, 1.54) is 167 Å². The van der Waals surface area contributed by atoms with Gasteiger partial charge in [-0.2, -0.15) is 0 Å². The van der Waals surface area contributed by atoms with E-state index in [1.807, 2.05) is 0 Å². The highest BCUT2D eigenvalue weighted by atomic mass is 16.6. The molecule has 0 aliphatic carbocycles. The number of allylic oxidation sites excluding steroid dienone is 8. The van der Waals surface area contributed by atoms with Gasteiger partial charge in [0, 0.05) is 19.3 Å². The van der Waals surface area contributed by atoms with Crippen molar-refractivity contribution in [3.05, 3.63) is 48.6 Å². The van der Waals surface area contributed by atoms with Crippen molar-refractivity contribution in [2.24, 2.45) is 0 Å². The summed E-state index contributed by atoms with van der Waals surface area (Å²) in [4.78, 5) is 37.8. The molecule has 0 N–H and O–H groups in total. The highest BCUT2D eigenvalue weighted by Crippen LogP contribution is 2.17. The molecule has 1 atom stereocenters. The number of esters is 3. The van der Waals surface area contributed by atoms with E-state index in [9.17, 15) is 14.4 Å². The van der Waals surface area contributed by atoms with E-state index < -0.39 is 6.10 Å². The van der Waals surface area contributed by atoms with Gasteiger partial charge < -0.3 is 14.2 Å². The summed E-state index contributed by atoms with van der Waals surface area (Å²) in [7, 11) is 0. The molecule has 0 amide bonds. The smallest absolute Gasteiger partial charge is 0.306 e. The maximum Gasteiger partial charge on any atom is 0.306 e. The average molecular weight is 911 g/mol. The van der Waals surface area contributed by atoms with Crippen LogP contribution in [-0.4, -0.2) is 37.2 Å². The van der Waals surface area contributed by atoms with Crippen LogP contribution < -0.4 is 0 Å². The average Bonchev–Trinajstić information content (AvgIpc) is 3.30. The lowest BCUT2D eigenvalue weighted by atomic mass is 10.0. The van der Waals surface area contributed by atoms with Crippen molar-refractivity contribution in [1.29, 1.82) is 0 Å². The minimum absolute atomic E-state index is 0.0870. The van der Waals surface area contributed by atoms with Crippen molar-refractivity contribution in [3.63, 3.8) is 0 Å². The van der Waals surface area contributed by atoms with Gasteiger partial charge >= 0.3 is 17.9 Å². The van der Waals surface area contributed by atoms with Crippen LogP contribution in [0, 0.1) is 0 Å². The summed E-state index contributed by atoms with van der Waals surface area (Å²) in [5.74, 6) is -0.929. The number of carbonyl (C=O) groups is 3. The standard InChI is InChI=1S/C59H106O6/c1-4-7-10-13-16-18-20-22-24-25-26-27-28-29-30-31-32-33-34-36-37-39-41-43-46-49-52-58(61)64-55-56(54-63-57(60)51-48-45-15-12-9-6-3)65-59(62)53-50-47-44-42-40-38-35-23-21-19-17-14-11-8-5-2/h8,11,17,19,23,35,40,42,56H,4-7,9-10,12-16,18,20-22,24-34,36-39,41,43-55H2,1-3H3/b11-8-,19-17-,35-23-,42-40-. The minimum Gasteiger partial charge on any atom is -0.462 e. The van der Waals surface area contributed by atoms with Crippen LogP contribution in [0.3, 0.4) is 0 Å². The Morgan fingerprint density at radius 1 is 0.323 bits per heavy atom. The van der Waals surface area contributed by atoms with Crippen LogP contribution >= 0.6 is 0 Å². The van der Waals surface area contributed by atoms with E-state index in [0.29, 0.717) is 19.3 Å². The van der Waals surface area contributed by atoms with Gasteiger partial charge in [-0.05, 0) is 57.8 Å². The van der Waals surface area contributed by atoms with E-state index in [2.05, 4.69) is 69.4 Å². The van der Waals surface area contributed by atoms with Crippen molar-refractivity contribution >= 4 is 17.9 Å². The molecular weight excluding hydrogens is 805 g/mol. The van der Waals surface area contributed by atoms with Gasteiger partial charge in [-0.15, -0.1) is 0 Å². The normalized spacial score (nSPS) is 12.4. The number of unbranched alkanes of at least 4 members (excludes halogenated alkanes) is 32. The van der Waals surface area contributed by atoms with Gasteiger partial charge in [-0.1, -0.05) is 262 Å². The number of hydrogen-bond donors (Lipinski definition) is 0. The first-order chi connectivity index (χ1) is 32.0. The van der Waals surface area contributed by atoms with Gasteiger partial charge in [0.05, 0.1) is 0 Å². The van der Waals surface area contributed by atoms with Crippen LogP contribution in [0.5, 0.6) is 0 Å². The third kappa shape index (κ3) is 52.2. The Balaban J connectivity index is 4.08. The van der Waals surface area contributed by atoms with E-state index in [4.69, 9.17) is 14.2 Å². The van der Waals surface area contributed by atoms with Gasteiger partial charge in [0.2, 0.25) is 0 Å². The van der Waals surface area contributed by atoms with Crippen molar-refractivity contribution < 1.29 is 28.6 Å². The first-order valence-electron chi connectivity index (χ1n) is 28.1. The molecule has 0 rings (SSSR count). The first kappa shape index (κ1) is 62.4. The lowest BCUT2D eigenvalue weighted by Gasteiger charge is -2.18. The fourth-order valence-corrected chi connectivity index (χ4v) is 8.14. The number of rotatable bonds is 51. The Bertz CT molecular complexity index is 1140. The Labute approximate surface area is 403 Å². The van der Waals surface area contributed by atoms with Gasteiger partial charge in [-0.3, -0.25) is 14.4 Å². The molecule has 0 spiro atoms. The maximum absolute atomic E-state index is 12.7. The second-order valence-corrected chi connectivity index (χ2v) is 18.8. The van der Waals surface area contributed by atoms with Crippen LogP contribution in [0.4, 0.5) is 0 Å². The molecular formula is C59H106O6. The third-order valence-electron chi connectivity index (χ3n) is 12.3. The summed E-state index contributed by atoms with van der Waals surface area (Å²) in [5, 5.41) is 0. The summed E-state index contributed by atoms with van der Waals surface area (Å²) in [5.41, 5.74) is 0. The zero-order valence-corrected chi connectivity index (χ0v) is 43.3. The zero-order chi connectivity index (χ0) is 47.2. The van der Waals surface area contributed by atoms with Gasteiger partial charge in [0.1, 0.15) is 13.2 Å². The number of hydrogen-bond acceptors (Lipinski definition) is 6. The van der Waals surface area contributed by atoms with Crippen molar-refractivity contribution in [2.75, 3.05) is 13.2 Å². The molecule has 0 radical (unpaired) electrons. The summed E-state index contributed by atoms with van der Waals surface area (Å²) in [6, 6.07) is 0. The van der Waals surface area contributed by atoms with Crippen LogP contribution in [0.15, 0.2) is 48.6 Å². The lowest BCUT2D eigenvalue weighted by Crippen LogP contribution is -2.30. The number of ether oxygens (including phenoxy) is 3. The molecule has 0 saturated heterocycles. The predicted octanol–water partition coefficient (Wildman–Crippen LogP) is 18.7. The SMILES string of the molecule is CC/C=C\C/C=C\C/C=C\C/C=C\CCCCC(=O)OC(COC(=O)CCCCCCCC)COC(=O)CCCCCCCCCCCCCCCCCCCCCCCCCCCC. The molecule has 0 aromatic rings. The summed E-state index contributed by atoms with van der Waals surface area (Å²) in [6.07, 6.45) is 65.8. The van der Waals surface area contributed by atoms with Crippen molar-refractivity contribution in [3.8, 4) is 0 Å². The molecule has 0 aliphatic heterocycles. The van der Waals surface area contributed by atoms with E-state index in [1.54, 1.807) is 0 Å². The molecule has 0 aromatic carbocycles. The van der Waals surface area contributed by atoms with E-state index >= 15 is 0 Å². The van der Waals surface area contributed by atoms with Crippen molar-refractivity contribution in [1.82, 2.24) is 0 Å².